The summed E-state index contributed by atoms with van der Waals surface area (Å²) in [4.78, 5) is 0. The Morgan fingerprint density at radius 3 is 2.53 bits per heavy atom. The monoisotopic (exact) mass is 237 g/mol. The van der Waals surface area contributed by atoms with Crippen molar-refractivity contribution in [1.82, 2.24) is 5.32 Å². The molecule has 0 bridgehead atoms. The third-order valence-electron chi connectivity index (χ3n) is 3.09. The van der Waals surface area contributed by atoms with Crippen molar-refractivity contribution in [2.24, 2.45) is 0 Å². The van der Waals surface area contributed by atoms with Crippen LogP contribution < -0.4 is 10.1 Å². The van der Waals surface area contributed by atoms with Crippen LogP contribution in [0, 0.1) is 0 Å². The zero-order valence-electron chi connectivity index (χ0n) is 10.8. The summed E-state index contributed by atoms with van der Waals surface area (Å²) in [6, 6.07) is 9.85. The minimum absolute atomic E-state index is 0.160. The Kier molecular flexibility index (Phi) is 6.01. The number of unbranched alkanes of at least 4 members (excludes halogenated alkanes) is 1. The van der Waals surface area contributed by atoms with Crippen LogP contribution in [-0.2, 0) is 0 Å². The summed E-state index contributed by atoms with van der Waals surface area (Å²) in [6.45, 7) is 2.93. The van der Waals surface area contributed by atoms with Crippen molar-refractivity contribution in [2.45, 2.75) is 31.7 Å². The normalized spacial score (nSPS) is 14.3. The van der Waals surface area contributed by atoms with Crippen molar-refractivity contribution in [1.29, 1.82) is 0 Å². The van der Waals surface area contributed by atoms with E-state index in [2.05, 4.69) is 5.32 Å². The first kappa shape index (κ1) is 14.0. The Hall–Kier alpha value is -1.06. The number of para-hydroxylation sites is 1. The number of benzene rings is 1. The maximum absolute atomic E-state index is 9.23. The van der Waals surface area contributed by atoms with Crippen molar-refractivity contribution in [3.63, 3.8) is 0 Å². The summed E-state index contributed by atoms with van der Waals surface area (Å²) >= 11 is 0. The van der Waals surface area contributed by atoms with Crippen LogP contribution in [0.25, 0.3) is 0 Å². The van der Waals surface area contributed by atoms with Crippen molar-refractivity contribution < 1.29 is 9.84 Å². The van der Waals surface area contributed by atoms with Crippen LogP contribution in [0.15, 0.2) is 30.3 Å². The molecule has 0 saturated carbocycles. The lowest BCUT2D eigenvalue weighted by atomic mass is 9.96. The number of hydrogen-bond donors (Lipinski definition) is 2. The molecule has 0 fully saturated rings. The van der Waals surface area contributed by atoms with Gasteiger partial charge in [-0.25, -0.2) is 0 Å². The van der Waals surface area contributed by atoms with E-state index < -0.39 is 0 Å². The molecule has 0 aliphatic carbocycles. The predicted molar refractivity (Wildman–Crippen MR) is 70.3 cm³/mol. The van der Waals surface area contributed by atoms with E-state index in [0.29, 0.717) is 0 Å². The highest BCUT2D eigenvalue weighted by Crippen LogP contribution is 2.13. The van der Waals surface area contributed by atoms with Crippen molar-refractivity contribution >= 4 is 0 Å². The molecular weight excluding hydrogens is 214 g/mol. The molecule has 0 heterocycles. The number of nitrogens with one attached hydrogen (secondary N) is 1. The number of rotatable bonds is 8. The summed E-state index contributed by atoms with van der Waals surface area (Å²) in [6.07, 6.45) is 3.01. The van der Waals surface area contributed by atoms with Gasteiger partial charge in [0, 0.05) is 5.54 Å². The summed E-state index contributed by atoms with van der Waals surface area (Å²) in [7, 11) is 1.89. The van der Waals surface area contributed by atoms with Gasteiger partial charge in [-0.2, -0.15) is 0 Å². The first-order chi connectivity index (χ1) is 8.20. The van der Waals surface area contributed by atoms with Crippen molar-refractivity contribution in [3.8, 4) is 5.75 Å². The Morgan fingerprint density at radius 1 is 1.24 bits per heavy atom. The second-order valence-electron chi connectivity index (χ2n) is 4.59. The molecule has 1 unspecified atom stereocenters. The van der Waals surface area contributed by atoms with E-state index in [4.69, 9.17) is 4.74 Å². The van der Waals surface area contributed by atoms with E-state index in [1.54, 1.807) is 0 Å². The third-order valence-corrected chi connectivity index (χ3v) is 3.09. The number of ether oxygens (including phenoxy) is 1. The van der Waals surface area contributed by atoms with Gasteiger partial charge >= 0.3 is 0 Å². The standard InChI is InChI=1S/C14H23NO2/c1-14(12-16,15-2)10-6-7-11-17-13-8-4-3-5-9-13/h3-5,8-9,15-16H,6-7,10-12H2,1-2H3. The third kappa shape index (κ3) is 5.20. The fourth-order valence-corrected chi connectivity index (χ4v) is 1.61. The molecule has 0 saturated heterocycles. The van der Waals surface area contributed by atoms with Gasteiger partial charge in [-0.15, -0.1) is 0 Å². The highest BCUT2D eigenvalue weighted by Gasteiger charge is 2.19. The van der Waals surface area contributed by atoms with Crippen LogP contribution >= 0.6 is 0 Å². The van der Waals surface area contributed by atoms with E-state index in [1.165, 1.54) is 0 Å². The zero-order valence-corrected chi connectivity index (χ0v) is 10.8. The maximum atomic E-state index is 9.23. The Balaban J connectivity index is 2.13. The Labute approximate surface area is 104 Å². The molecule has 0 aliphatic rings. The van der Waals surface area contributed by atoms with Crippen LogP contribution in [0.4, 0.5) is 0 Å². The van der Waals surface area contributed by atoms with Crippen LogP contribution in [-0.4, -0.2) is 30.9 Å². The number of hydrogen-bond acceptors (Lipinski definition) is 3. The first-order valence-electron chi connectivity index (χ1n) is 6.18. The lowest BCUT2D eigenvalue weighted by Gasteiger charge is -2.26. The number of aliphatic hydroxyl groups is 1. The van der Waals surface area contributed by atoms with Gasteiger partial charge in [-0.3, -0.25) is 0 Å². The lowest BCUT2D eigenvalue weighted by molar-refractivity contribution is 0.168. The van der Waals surface area contributed by atoms with Crippen LogP contribution in [0.2, 0.25) is 0 Å². The van der Waals surface area contributed by atoms with E-state index in [9.17, 15) is 5.11 Å². The molecule has 1 aromatic rings. The first-order valence-corrected chi connectivity index (χ1v) is 6.18. The highest BCUT2D eigenvalue weighted by molar-refractivity contribution is 5.20. The minimum Gasteiger partial charge on any atom is -0.494 e. The van der Waals surface area contributed by atoms with E-state index >= 15 is 0 Å². The van der Waals surface area contributed by atoms with Crippen molar-refractivity contribution in [3.05, 3.63) is 30.3 Å². The molecule has 17 heavy (non-hydrogen) atoms. The molecule has 3 heteroatoms. The van der Waals surface area contributed by atoms with Crippen LogP contribution in [0.3, 0.4) is 0 Å². The van der Waals surface area contributed by atoms with Gasteiger partial charge in [0.1, 0.15) is 5.75 Å². The van der Waals surface area contributed by atoms with Gasteiger partial charge in [0.05, 0.1) is 13.2 Å². The molecule has 0 aromatic heterocycles. The van der Waals surface area contributed by atoms with Gasteiger partial charge in [-0.1, -0.05) is 18.2 Å². The fourth-order valence-electron chi connectivity index (χ4n) is 1.61. The molecule has 0 amide bonds. The van der Waals surface area contributed by atoms with Gasteiger partial charge in [0.15, 0.2) is 0 Å². The SMILES string of the molecule is CNC(C)(CO)CCCCOc1ccccc1. The summed E-state index contributed by atoms with van der Waals surface area (Å²) in [5, 5.41) is 12.4. The van der Waals surface area contributed by atoms with E-state index in [1.807, 2.05) is 44.3 Å². The second kappa shape index (κ2) is 7.30. The fraction of sp³-hybridized carbons (Fsp3) is 0.571. The van der Waals surface area contributed by atoms with Crippen LogP contribution in [0.5, 0.6) is 5.75 Å². The minimum atomic E-state index is -0.160. The molecule has 1 rings (SSSR count). The molecule has 1 atom stereocenters. The maximum Gasteiger partial charge on any atom is 0.119 e. The number of aliphatic hydroxyl groups excluding tert-OH is 1. The number of likely N-dealkylation sites (N-methyl/N-ethyl adjacent to an activating group) is 1. The second-order valence-corrected chi connectivity index (χ2v) is 4.59. The largest absolute Gasteiger partial charge is 0.494 e. The molecule has 0 aliphatic heterocycles. The van der Waals surface area contributed by atoms with E-state index in [0.717, 1.165) is 31.6 Å². The zero-order chi connectivity index (χ0) is 12.6. The lowest BCUT2D eigenvalue weighted by Crippen LogP contribution is -2.43. The molecule has 96 valence electrons. The molecule has 2 N–H and O–H groups in total. The molecule has 3 nitrogen and oxygen atoms in total. The van der Waals surface area contributed by atoms with Gasteiger partial charge in [0.25, 0.3) is 0 Å². The quantitative estimate of drug-likeness (QED) is 0.681. The average Bonchev–Trinajstić information content (AvgIpc) is 2.39. The summed E-state index contributed by atoms with van der Waals surface area (Å²) in [5.74, 6) is 0.922. The van der Waals surface area contributed by atoms with Crippen molar-refractivity contribution in [2.75, 3.05) is 20.3 Å². The van der Waals surface area contributed by atoms with Crippen LogP contribution in [0.1, 0.15) is 26.2 Å². The highest BCUT2D eigenvalue weighted by atomic mass is 16.5. The van der Waals surface area contributed by atoms with E-state index in [-0.39, 0.29) is 12.1 Å². The molecule has 0 radical (unpaired) electrons. The molecular formula is C14H23NO2. The van der Waals surface area contributed by atoms with Gasteiger partial charge in [0.2, 0.25) is 0 Å². The molecule has 1 aromatic carbocycles. The van der Waals surface area contributed by atoms with Gasteiger partial charge < -0.3 is 15.2 Å². The topological polar surface area (TPSA) is 41.5 Å². The Bertz CT molecular complexity index is 296. The summed E-state index contributed by atoms with van der Waals surface area (Å²) in [5.41, 5.74) is -0.160. The summed E-state index contributed by atoms with van der Waals surface area (Å²) < 4.78 is 5.61. The van der Waals surface area contributed by atoms with Gasteiger partial charge in [-0.05, 0) is 45.4 Å². The molecule has 0 spiro atoms. The predicted octanol–water partition coefficient (Wildman–Crippen LogP) is 2.21. The Morgan fingerprint density at radius 2 is 1.94 bits per heavy atom. The smallest absolute Gasteiger partial charge is 0.119 e. The average molecular weight is 237 g/mol.